The zero-order valence-corrected chi connectivity index (χ0v) is 8.30. The molecule has 1 aromatic heterocycles. The summed E-state index contributed by atoms with van der Waals surface area (Å²) in [6, 6.07) is 0. The van der Waals surface area contributed by atoms with Gasteiger partial charge in [-0.25, -0.2) is 9.48 Å². The van der Waals surface area contributed by atoms with E-state index in [0.717, 1.165) is 4.68 Å². The highest BCUT2D eigenvalue weighted by Gasteiger charge is 2.30. The van der Waals surface area contributed by atoms with Crippen molar-refractivity contribution in [2.45, 2.75) is 19.6 Å². The summed E-state index contributed by atoms with van der Waals surface area (Å²) >= 11 is 0. The molecule has 0 saturated carbocycles. The molecule has 0 bridgehead atoms. The topological polar surface area (TPSA) is 51.9 Å². The lowest BCUT2D eigenvalue weighted by atomic mass is 10.6. The Hall–Kier alpha value is -1.47. The smallest absolute Gasteiger partial charge is 0.355 e. The Kier molecular flexibility index (Phi) is 3.06. The number of rotatable bonds is 3. The maximum atomic E-state index is 12.1. The van der Waals surface area contributed by atoms with Gasteiger partial charge in [-0.3, -0.25) is 4.57 Å². The summed E-state index contributed by atoms with van der Waals surface area (Å²) in [5.74, 6) is -0.0673. The summed E-state index contributed by atoms with van der Waals surface area (Å²) in [7, 11) is 1.30. The molecule has 0 fully saturated rings. The average molecular weight is 224 g/mol. The Labute approximate surface area is 83.5 Å². The van der Waals surface area contributed by atoms with Gasteiger partial charge in [0.05, 0.1) is 0 Å². The maximum Gasteiger partial charge on any atom is 0.406 e. The van der Waals surface area contributed by atoms with Gasteiger partial charge >= 0.3 is 11.9 Å². The second-order valence-corrected chi connectivity index (χ2v) is 2.96. The summed E-state index contributed by atoms with van der Waals surface area (Å²) in [5.41, 5.74) is -0.789. The molecule has 8 heteroatoms. The monoisotopic (exact) mass is 224 g/mol. The van der Waals surface area contributed by atoms with Gasteiger partial charge in [-0.15, -0.1) is 5.10 Å². The van der Waals surface area contributed by atoms with E-state index in [1.807, 2.05) is 0 Å². The molecule has 0 aromatic carbocycles. The first-order valence-electron chi connectivity index (χ1n) is 4.29. The molecule has 0 radical (unpaired) electrons. The molecule has 15 heavy (non-hydrogen) atoms. The lowest BCUT2D eigenvalue weighted by Crippen LogP contribution is -2.29. The fourth-order valence-corrected chi connectivity index (χ4v) is 1.11. The SMILES string of the molecule is CCNc1nn(C)c(=O)n1CC(F)(F)F. The van der Waals surface area contributed by atoms with Crippen LogP contribution >= 0.6 is 0 Å². The molecule has 0 unspecified atom stereocenters. The van der Waals surface area contributed by atoms with E-state index in [0.29, 0.717) is 11.1 Å². The highest BCUT2D eigenvalue weighted by atomic mass is 19.4. The van der Waals surface area contributed by atoms with Crippen molar-refractivity contribution in [2.24, 2.45) is 7.05 Å². The van der Waals surface area contributed by atoms with Gasteiger partial charge in [0.1, 0.15) is 6.54 Å². The number of nitrogens with zero attached hydrogens (tertiary/aromatic N) is 3. The number of aromatic nitrogens is 3. The molecule has 0 aliphatic carbocycles. The highest BCUT2D eigenvalue weighted by molar-refractivity contribution is 5.23. The molecule has 0 aliphatic rings. The van der Waals surface area contributed by atoms with Gasteiger partial charge in [0, 0.05) is 13.6 Å². The van der Waals surface area contributed by atoms with Gasteiger partial charge < -0.3 is 5.32 Å². The first-order chi connectivity index (χ1) is 6.85. The van der Waals surface area contributed by atoms with Crippen molar-refractivity contribution < 1.29 is 13.2 Å². The fraction of sp³-hybridized carbons (Fsp3) is 0.714. The van der Waals surface area contributed by atoms with Crippen LogP contribution in [0.1, 0.15) is 6.92 Å². The number of halogens is 3. The molecule has 0 aliphatic heterocycles. The predicted molar refractivity (Wildman–Crippen MR) is 47.7 cm³/mol. The molecular weight excluding hydrogens is 213 g/mol. The molecular formula is C7H11F3N4O. The first-order valence-corrected chi connectivity index (χ1v) is 4.29. The van der Waals surface area contributed by atoms with Crippen molar-refractivity contribution in [3.05, 3.63) is 10.5 Å². The van der Waals surface area contributed by atoms with E-state index >= 15 is 0 Å². The number of aryl methyl sites for hydroxylation is 1. The largest absolute Gasteiger partial charge is 0.406 e. The Morgan fingerprint density at radius 3 is 2.53 bits per heavy atom. The van der Waals surface area contributed by atoms with Crippen LogP contribution in [0.3, 0.4) is 0 Å². The molecule has 1 N–H and O–H groups in total. The third kappa shape index (κ3) is 2.74. The van der Waals surface area contributed by atoms with Gasteiger partial charge in [-0.05, 0) is 6.92 Å². The molecule has 0 saturated heterocycles. The molecule has 1 heterocycles. The van der Waals surface area contributed by atoms with E-state index in [9.17, 15) is 18.0 Å². The summed E-state index contributed by atoms with van der Waals surface area (Å²) in [6.45, 7) is 0.771. The van der Waals surface area contributed by atoms with Gasteiger partial charge in [-0.2, -0.15) is 13.2 Å². The summed E-state index contributed by atoms with van der Waals surface area (Å²) in [4.78, 5) is 11.3. The minimum absolute atomic E-state index is 0.0673. The van der Waals surface area contributed by atoms with Gasteiger partial charge in [-0.1, -0.05) is 0 Å². The maximum absolute atomic E-state index is 12.1. The zero-order valence-electron chi connectivity index (χ0n) is 8.30. The van der Waals surface area contributed by atoms with Crippen molar-refractivity contribution in [2.75, 3.05) is 11.9 Å². The van der Waals surface area contributed by atoms with E-state index in [1.165, 1.54) is 7.05 Å². The van der Waals surface area contributed by atoms with Crippen LogP contribution < -0.4 is 11.0 Å². The molecule has 1 rings (SSSR count). The van der Waals surface area contributed by atoms with Gasteiger partial charge in [0.2, 0.25) is 5.95 Å². The van der Waals surface area contributed by atoms with E-state index in [4.69, 9.17) is 0 Å². The molecule has 0 spiro atoms. The van der Waals surface area contributed by atoms with E-state index in [-0.39, 0.29) is 5.95 Å². The Morgan fingerprint density at radius 2 is 2.07 bits per heavy atom. The van der Waals surface area contributed by atoms with Gasteiger partial charge in [0.25, 0.3) is 0 Å². The number of nitrogens with one attached hydrogen (secondary N) is 1. The first kappa shape index (κ1) is 11.6. The summed E-state index contributed by atoms with van der Waals surface area (Å²) < 4.78 is 37.8. The van der Waals surface area contributed by atoms with Gasteiger partial charge in [0.15, 0.2) is 0 Å². The van der Waals surface area contributed by atoms with Crippen LogP contribution in [0.4, 0.5) is 19.1 Å². The molecule has 86 valence electrons. The van der Waals surface area contributed by atoms with E-state index in [2.05, 4.69) is 10.4 Å². The third-order valence-electron chi connectivity index (χ3n) is 1.68. The Bertz CT molecular complexity index is 392. The fourth-order valence-electron chi connectivity index (χ4n) is 1.11. The van der Waals surface area contributed by atoms with Crippen LogP contribution in [0, 0.1) is 0 Å². The predicted octanol–water partition coefficient (Wildman–Crippen LogP) is 0.576. The Balaban J connectivity index is 3.08. The quantitative estimate of drug-likeness (QED) is 0.816. The highest BCUT2D eigenvalue weighted by Crippen LogP contribution is 2.18. The summed E-state index contributed by atoms with van der Waals surface area (Å²) in [6.07, 6.45) is -4.43. The minimum atomic E-state index is -4.43. The molecule has 0 atom stereocenters. The van der Waals surface area contributed by atoms with Crippen molar-refractivity contribution in [1.82, 2.24) is 14.3 Å². The van der Waals surface area contributed by atoms with Crippen molar-refractivity contribution in [1.29, 1.82) is 0 Å². The minimum Gasteiger partial charge on any atom is -0.355 e. The van der Waals surface area contributed by atoms with Crippen molar-refractivity contribution >= 4 is 5.95 Å². The number of hydrogen-bond donors (Lipinski definition) is 1. The lowest BCUT2D eigenvalue weighted by molar-refractivity contribution is -0.140. The van der Waals surface area contributed by atoms with Crippen LogP contribution in [-0.4, -0.2) is 27.1 Å². The zero-order chi connectivity index (χ0) is 11.6. The molecule has 5 nitrogen and oxygen atoms in total. The van der Waals surface area contributed by atoms with Crippen LogP contribution in [0.15, 0.2) is 4.79 Å². The third-order valence-corrected chi connectivity index (χ3v) is 1.68. The second kappa shape index (κ2) is 3.95. The number of alkyl halides is 3. The Morgan fingerprint density at radius 1 is 1.47 bits per heavy atom. The van der Waals surface area contributed by atoms with E-state index < -0.39 is 18.4 Å². The normalized spacial score (nSPS) is 11.8. The molecule has 1 aromatic rings. The van der Waals surface area contributed by atoms with Crippen LogP contribution in [0.25, 0.3) is 0 Å². The standard InChI is InChI=1S/C7H11F3N4O/c1-3-11-5-12-13(2)6(15)14(5)4-7(8,9)10/h3-4H2,1-2H3,(H,11,12). The van der Waals surface area contributed by atoms with Crippen LogP contribution in [0.2, 0.25) is 0 Å². The second-order valence-electron chi connectivity index (χ2n) is 2.96. The lowest BCUT2D eigenvalue weighted by Gasteiger charge is -2.08. The number of anilines is 1. The van der Waals surface area contributed by atoms with Crippen molar-refractivity contribution in [3.63, 3.8) is 0 Å². The van der Waals surface area contributed by atoms with Crippen molar-refractivity contribution in [3.8, 4) is 0 Å². The van der Waals surface area contributed by atoms with E-state index in [1.54, 1.807) is 6.92 Å². The molecule has 0 amide bonds. The van der Waals surface area contributed by atoms with Crippen LogP contribution in [0.5, 0.6) is 0 Å². The average Bonchev–Trinajstić information content (AvgIpc) is 2.32. The van der Waals surface area contributed by atoms with Crippen LogP contribution in [-0.2, 0) is 13.6 Å². The summed E-state index contributed by atoms with van der Waals surface area (Å²) in [5, 5.41) is 6.23. The number of hydrogen-bond acceptors (Lipinski definition) is 3.